The maximum absolute atomic E-state index is 13.1. The molecule has 1 aliphatic heterocycles. The maximum atomic E-state index is 13.1. The molecule has 1 aromatic carbocycles. The molecule has 4 heterocycles. The van der Waals surface area contributed by atoms with Gasteiger partial charge in [-0.1, -0.05) is 0 Å². The first-order chi connectivity index (χ1) is 15.8. The van der Waals surface area contributed by atoms with E-state index < -0.39 is 6.43 Å². The van der Waals surface area contributed by atoms with Crippen molar-refractivity contribution in [3.8, 4) is 23.5 Å². The van der Waals surface area contributed by atoms with E-state index in [2.05, 4.69) is 31.0 Å². The quantitative estimate of drug-likeness (QED) is 0.384. The van der Waals surface area contributed by atoms with Crippen LogP contribution in [0.3, 0.4) is 0 Å². The van der Waals surface area contributed by atoms with Crippen LogP contribution < -0.4 is 4.74 Å². The van der Waals surface area contributed by atoms with Gasteiger partial charge in [-0.3, -0.25) is 4.57 Å². The van der Waals surface area contributed by atoms with Crippen LogP contribution in [0, 0.1) is 18.3 Å². The molecule has 1 aliphatic rings. The van der Waals surface area contributed by atoms with Crippen LogP contribution in [-0.4, -0.2) is 43.1 Å². The van der Waals surface area contributed by atoms with Crippen molar-refractivity contribution in [2.24, 2.45) is 0 Å². The molecule has 11 heteroatoms. The second-order valence-corrected chi connectivity index (χ2v) is 8.86. The van der Waals surface area contributed by atoms with E-state index in [0.717, 1.165) is 9.99 Å². The van der Waals surface area contributed by atoms with Gasteiger partial charge in [-0.2, -0.15) is 10.4 Å². The molecule has 3 aromatic heterocycles. The van der Waals surface area contributed by atoms with E-state index >= 15 is 0 Å². The zero-order chi connectivity index (χ0) is 23.3. The summed E-state index contributed by atoms with van der Waals surface area (Å²) in [5.74, 6) is 1.27. The fourth-order valence-corrected chi connectivity index (χ4v) is 4.04. The highest BCUT2D eigenvalue weighted by Gasteiger charge is 2.36. The molecule has 0 radical (unpaired) electrons. The zero-order valence-corrected chi connectivity index (χ0v) is 19.2. The minimum atomic E-state index is -2.72. The van der Waals surface area contributed by atoms with Crippen molar-refractivity contribution in [3.05, 3.63) is 58.1 Å². The molecule has 0 amide bonds. The van der Waals surface area contributed by atoms with Gasteiger partial charge in [0.15, 0.2) is 11.4 Å². The summed E-state index contributed by atoms with van der Waals surface area (Å²) in [4.78, 5) is 9.03. The Kier molecular flexibility index (Phi) is 5.14. The molecule has 168 valence electrons. The van der Waals surface area contributed by atoms with E-state index in [1.165, 1.54) is 10.7 Å². The first-order valence-electron chi connectivity index (χ1n) is 9.98. The summed E-state index contributed by atoms with van der Waals surface area (Å²) in [5, 5.41) is 13.5. The Morgan fingerprint density at radius 3 is 2.70 bits per heavy atom. The normalized spacial score (nSPS) is 14.9. The van der Waals surface area contributed by atoms with Crippen LogP contribution in [0.25, 0.3) is 22.7 Å². The van der Waals surface area contributed by atoms with Crippen molar-refractivity contribution in [2.75, 3.05) is 13.2 Å². The molecule has 1 saturated heterocycles. The summed E-state index contributed by atoms with van der Waals surface area (Å²) in [6.07, 6.45) is -1.12. The number of nitriles is 1. The second-order valence-electron chi connectivity index (χ2n) is 8.01. The lowest BCUT2D eigenvalue weighted by atomic mass is 10.1. The Morgan fingerprint density at radius 2 is 2.06 bits per heavy atom. The van der Waals surface area contributed by atoms with Crippen molar-refractivity contribution >= 4 is 27.0 Å². The molecule has 0 N–H and O–H groups in total. The molecule has 5 rings (SSSR count). The molecule has 0 atom stereocenters. The van der Waals surface area contributed by atoms with E-state index in [1.54, 1.807) is 30.0 Å². The van der Waals surface area contributed by atoms with Crippen molar-refractivity contribution in [2.45, 2.75) is 25.9 Å². The van der Waals surface area contributed by atoms with E-state index in [9.17, 15) is 14.0 Å². The summed E-state index contributed by atoms with van der Waals surface area (Å²) in [7, 11) is 0. The monoisotopic (exact) mass is 514 g/mol. The summed E-state index contributed by atoms with van der Waals surface area (Å²) in [6.45, 7) is 4.64. The van der Waals surface area contributed by atoms with E-state index in [-0.39, 0.29) is 22.7 Å². The molecule has 8 nitrogen and oxygen atoms in total. The SMILES string of the molecule is Cc1cc(C(F)F)nn1-c1nc(-n2cnc3cc(OC4(C)COC4)c(Br)cc32)ccc1C#N. The molecule has 4 aromatic rings. The minimum Gasteiger partial charge on any atom is -0.481 e. The van der Waals surface area contributed by atoms with Crippen LogP contribution in [0.4, 0.5) is 8.78 Å². The minimum absolute atomic E-state index is 0.165. The van der Waals surface area contributed by atoms with E-state index in [0.29, 0.717) is 36.0 Å². The van der Waals surface area contributed by atoms with Crippen LogP contribution in [0.2, 0.25) is 0 Å². The van der Waals surface area contributed by atoms with Gasteiger partial charge in [-0.25, -0.2) is 23.4 Å². The van der Waals surface area contributed by atoms with Gasteiger partial charge in [0.2, 0.25) is 0 Å². The Labute approximate surface area is 195 Å². The number of fused-ring (bicyclic) bond motifs is 1. The van der Waals surface area contributed by atoms with E-state index in [4.69, 9.17) is 9.47 Å². The van der Waals surface area contributed by atoms with E-state index in [1.807, 2.05) is 25.1 Å². The standard InChI is InChI=1S/C22H17BrF2N6O2/c1-12-5-16(20(24)25)29-31(12)21-13(8-26)3-4-19(28-21)30-11-27-15-7-18(14(23)6-17(15)30)33-22(2)9-32-10-22/h3-7,11,20H,9-10H2,1-2H3. The van der Waals surface area contributed by atoms with Gasteiger partial charge >= 0.3 is 0 Å². The molecule has 0 unspecified atom stereocenters. The Hall–Kier alpha value is -3.36. The zero-order valence-electron chi connectivity index (χ0n) is 17.6. The molecule has 33 heavy (non-hydrogen) atoms. The van der Waals surface area contributed by atoms with Crippen molar-refractivity contribution < 1.29 is 18.3 Å². The van der Waals surface area contributed by atoms with Gasteiger partial charge in [0.05, 0.1) is 34.3 Å². The largest absolute Gasteiger partial charge is 0.481 e. The van der Waals surface area contributed by atoms with Gasteiger partial charge in [-0.15, -0.1) is 0 Å². The van der Waals surface area contributed by atoms with Crippen LogP contribution >= 0.6 is 15.9 Å². The molecule has 0 saturated carbocycles. The molecule has 1 fully saturated rings. The van der Waals surface area contributed by atoms with Gasteiger partial charge in [0, 0.05) is 11.8 Å². The van der Waals surface area contributed by atoms with Gasteiger partial charge in [-0.05, 0) is 54.0 Å². The fraction of sp³-hybridized carbons (Fsp3) is 0.273. The van der Waals surface area contributed by atoms with Gasteiger partial charge < -0.3 is 9.47 Å². The number of alkyl halides is 2. The third kappa shape index (κ3) is 3.75. The van der Waals surface area contributed by atoms with Crippen LogP contribution in [0.5, 0.6) is 5.75 Å². The van der Waals surface area contributed by atoms with Gasteiger partial charge in [0.1, 0.15) is 29.7 Å². The summed E-state index contributed by atoms with van der Waals surface area (Å²) >= 11 is 3.56. The number of ether oxygens (including phenoxy) is 2. The van der Waals surface area contributed by atoms with Crippen LogP contribution in [0.15, 0.2) is 41.1 Å². The van der Waals surface area contributed by atoms with Crippen molar-refractivity contribution in [1.29, 1.82) is 5.26 Å². The topological polar surface area (TPSA) is 90.8 Å². The predicted molar refractivity (Wildman–Crippen MR) is 118 cm³/mol. The number of halogens is 3. The van der Waals surface area contributed by atoms with Gasteiger partial charge in [0.25, 0.3) is 6.43 Å². The number of aromatic nitrogens is 5. The summed E-state index contributed by atoms with van der Waals surface area (Å²) < 4.78 is 41.4. The van der Waals surface area contributed by atoms with Crippen molar-refractivity contribution in [3.63, 3.8) is 0 Å². The average molecular weight is 515 g/mol. The van der Waals surface area contributed by atoms with Crippen LogP contribution in [0.1, 0.15) is 30.3 Å². The third-order valence-electron chi connectivity index (χ3n) is 5.33. The summed E-state index contributed by atoms with van der Waals surface area (Å²) in [5.41, 5.74) is 1.33. The first-order valence-corrected chi connectivity index (χ1v) is 10.8. The highest BCUT2D eigenvalue weighted by molar-refractivity contribution is 9.10. The number of pyridine rings is 1. The van der Waals surface area contributed by atoms with Crippen LogP contribution in [-0.2, 0) is 4.74 Å². The third-order valence-corrected chi connectivity index (χ3v) is 5.95. The Morgan fingerprint density at radius 1 is 1.27 bits per heavy atom. The Balaban J connectivity index is 1.58. The number of hydrogen-bond acceptors (Lipinski definition) is 6. The number of aryl methyl sites for hydroxylation is 1. The number of hydrogen-bond donors (Lipinski definition) is 0. The summed E-state index contributed by atoms with van der Waals surface area (Å²) in [6, 6.07) is 10.3. The number of imidazole rings is 1. The Bertz CT molecular complexity index is 1420. The number of benzene rings is 1. The maximum Gasteiger partial charge on any atom is 0.282 e. The fourth-order valence-electron chi connectivity index (χ4n) is 3.63. The first kappa shape index (κ1) is 21.5. The predicted octanol–water partition coefficient (Wildman–Crippen LogP) is 4.65. The average Bonchev–Trinajstić information content (AvgIpc) is 3.35. The smallest absolute Gasteiger partial charge is 0.282 e. The molecule has 0 aliphatic carbocycles. The molecule has 0 spiro atoms. The lowest BCUT2D eigenvalue weighted by Crippen LogP contribution is -2.51. The molecular weight excluding hydrogens is 498 g/mol. The molecular formula is C22H17BrF2N6O2. The van der Waals surface area contributed by atoms with Crippen molar-refractivity contribution in [1.82, 2.24) is 24.3 Å². The lowest BCUT2D eigenvalue weighted by Gasteiger charge is -2.38. The highest BCUT2D eigenvalue weighted by atomic mass is 79.9. The number of rotatable bonds is 5. The number of nitrogens with zero attached hydrogens (tertiary/aromatic N) is 6. The molecule has 0 bridgehead atoms. The highest BCUT2D eigenvalue weighted by Crippen LogP contribution is 2.35. The second kappa shape index (κ2) is 7.90. The lowest BCUT2D eigenvalue weighted by molar-refractivity contribution is -0.150.